The molecule has 0 atom stereocenters. The first-order chi connectivity index (χ1) is 9.15. The summed E-state index contributed by atoms with van der Waals surface area (Å²) in [4.78, 5) is 19.6. The molecule has 0 spiro atoms. The van der Waals surface area contributed by atoms with Gasteiger partial charge in [0.15, 0.2) is 0 Å². The highest BCUT2D eigenvalue weighted by Gasteiger charge is 2.08. The minimum atomic E-state index is -0.149. The van der Waals surface area contributed by atoms with Crippen LogP contribution in [-0.2, 0) is 0 Å². The van der Waals surface area contributed by atoms with Gasteiger partial charge in [-0.1, -0.05) is 36.4 Å². The van der Waals surface area contributed by atoms with E-state index in [1.54, 1.807) is 0 Å². The fourth-order valence-electron chi connectivity index (χ4n) is 2.34. The quantitative estimate of drug-likeness (QED) is 0.720. The maximum absolute atomic E-state index is 12.1. The molecule has 1 aromatic heterocycles. The molecule has 0 amide bonds. The Kier molecular flexibility index (Phi) is 2.67. The van der Waals surface area contributed by atoms with Crippen molar-refractivity contribution in [3.8, 4) is 11.3 Å². The second kappa shape index (κ2) is 4.35. The van der Waals surface area contributed by atoms with Crippen LogP contribution in [-0.4, -0.2) is 9.97 Å². The van der Waals surface area contributed by atoms with Crippen LogP contribution in [0.4, 0.5) is 0 Å². The standard InChI is InChI=1S/C16H14N2O/c1-10-8-11(2)14-13(9-10)17-16(19)15(18-14)12-6-4-3-5-7-12/h3-9H,1-2H3,(H,17,19). The second-order valence-electron chi connectivity index (χ2n) is 4.76. The zero-order chi connectivity index (χ0) is 13.4. The smallest absolute Gasteiger partial charge is 0.274 e. The van der Waals surface area contributed by atoms with Crippen LogP contribution in [0.3, 0.4) is 0 Å². The van der Waals surface area contributed by atoms with Gasteiger partial charge in [-0.25, -0.2) is 4.98 Å². The summed E-state index contributed by atoms with van der Waals surface area (Å²) in [6.45, 7) is 4.02. The Labute approximate surface area is 111 Å². The Hall–Kier alpha value is -2.42. The van der Waals surface area contributed by atoms with Crippen molar-refractivity contribution < 1.29 is 0 Å². The molecule has 1 heterocycles. The van der Waals surface area contributed by atoms with Crippen molar-refractivity contribution in [2.75, 3.05) is 0 Å². The zero-order valence-electron chi connectivity index (χ0n) is 10.9. The van der Waals surface area contributed by atoms with Gasteiger partial charge in [0.05, 0.1) is 11.0 Å². The van der Waals surface area contributed by atoms with Crippen LogP contribution < -0.4 is 5.56 Å². The molecule has 0 aliphatic carbocycles. The van der Waals surface area contributed by atoms with Crippen molar-refractivity contribution in [1.82, 2.24) is 9.97 Å². The lowest BCUT2D eigenvalue weighted by molar-refractivity contribution is 1.20. The summed E-state index contributed by atoms with van der Waals surface area (Å²) >= 11 is 0. The number of fused-ring (bicyclic) bond motifs is 1. The van der Waals surface area contributed by atoms with Gasteiger partial charge in [-0.15, -0.1) is 0 Å². The van der Waals surface area contributed by atoms with Crippen LogP contribution in [0, 0.1) is 13.8 Å². The summed E-state index contributed by atoms with van der Waals surface area (Å²) in [7, 11) is 0. The number of hydrogen-bond acceptors (Lipinski definition) is 2. The van der Waals surface area contributed by atoms with Gasteiger partial charge in [0.25, 0.3) is 5.56 Å². The fraction of sp³-hybridized carbons (Fsp3) is 0.125. The first-order valence-corrected chi connectivity index (χ1v) is 6.22. The lowest BCUT2D eigenvalue weighted by Crippen LogP contribution is -2.12. The van der Waals surface area contributed by atoms with Crippen molar-refractivity contribution in [2.24, 2.45) is 0 Å². The Balaban J connectivity index is 2.34. The largest absolute Gasteiger partial charge is 0.319 e. The third-order valence-corrected chi connectivity index (χ3v) is 3.18. The van der Waals surface area contributed by atoms with Gasteiger partial charge in [-0.2, -0.15) is 0 Å². The second-order valence-corrected chi connectivity index (χ2v) is 4.76. The average molecular weight is 250 g/mol. The molecule has 0 aliphatic heterocycles. The van der Waals surface area contributed by atoms with E-state index in [-0.39, 0.29) is 5.56 Å². The van der Waals surface area contributed by atoms with Crippen molar-refractivity contribution in [3.05, 3.63) is 63.9 Å². The molecule has 1 N–H and O–H groups in total. The van der Waals surface area contributed by atoms with Gasteiger partial charge in [-0.05, 0) is 31.0 Å². The third-order valence-electron chi connectivity index (χ3n) is 3.18. The molecule has 94 valence electrons. The van der Waals surface area contributed by atoms with E-state index in [0.717, 1.165) is 27.7 Å². The zero-order valence-corrected chi connectivity index (χ0v) is 10.9. The molecule has 3 rings (SSSR count). The molecule has 3 heteroatoms. The molecule has 0 unspecified atom stereocenters. The van der Waals surface area contributed by atoms with Crippen molar-refractivity contribution in [2.45, 2.75) is 13.8 Å². The van der Waals surface area contributed by atoms with Crippen LogP contribution in [0.25, 0.3) is 22.3 Å². The summed E-state index contributed by atoms with van der Waals surface area (Å²) in [5, 5.41) is 0. The first-order valence-electron chi connectivity index (χ1n) is 6.22. The molecule has 0 saturated heterocycles. The number of aryl methyl sites for hydroxylation is 2. The molecule has 3 aromatic rings. The van der Waals surface area contributed by atoms with Crippen molar-refractivity contribution >= 4 is 11.0 Å². The van der Waals surface area contributed by atoms with Crippen LogP contribution in [0.15, 0.2) is 47.3 Å². The van der Waals surface area contributed by atoms with Gasteiger partial charge in [0, 0.05) is 5.56 Å². The number of aromatic amines is 1. The average Bonchev–Trinajstić information content (AvgIpc) is 2.38. The molecule has 0 saturated carbocycles. The van der Waals surface area contributed by atoms with E-state index in [0.29, 0.717) is 5.69 Å². The molecule has 3 nitrogen and oxygen atoms in total. The molecular weight excluding hydrogens is 236 g/mol. The molecule has 0 aliphatic rings. The number of H-pyrrole nitrogens is 1. The Morgan fingerprint density at radius 3 is 2.53 bits per heavy atom. The highest BCUT2D eigenvalue weighted by atomic mass is 16.1. The van der Waals surface area contributed by atoms with Gasteiger partial charge in [0.2, 0.25) is 0 Å². The summed E-state index contributed by atoms with van der Waals surface area (Å²) in [6.07, 6.45) is 0. The van der Waals surface area contributed by atoms with E-state index in [1.165, 1.54) is 0 Å². The number of rotatable bonds is 1. The third kappa shape index (κ3) is 2.03. The molecule has 19 heavy (non-hydrogen) atoms. The van der Waals surface area contributed by atoms with Crippen LogP contribution in [0.1, 0.15) is 11.1 Å². The summed E-state index contributed by atoms with van der Waals surface area (Å²) < 4.78 is 0. The van der Waals surface area contributed by atoms with Gasteiger partial charge in [-0.3, -0.25) is 4.79 Å². The molecule has 0 fully saturated rings. The van der Waals surface area contributed by atoms with E-state index in [1.807, 2.05) is 50.2 Å². The molecule has 0 radical (unpaired) electrons. The topological polar surface area (TPSA) is 45.8 Å². The molecule has 0 bridgehead atoms. The number of aromatic nitrogens is 2. The fourth-order valence-corrected chi connectivity index (χ4v) is 2.34. The maximum atomic E-state index is 12.1. The number of benzene rings is 2. The van der Waals surface area contributed by atoms with E-state index in [4.69, 9.17) is 0 Å². The highest BCUT2D eigenvalue weighted by Crippen LogP contribution is 2.19. The normalized spacial score (nSPS) is 10.8. The molecule has 2 aromatic carbocycles. The predicted octanol–water partition coefficient (Wildman–Crippen LogP) is 3.21. The Morgan fingerprint density at radius 2 is 1.79 bits per heavy atom. The minimum Gasteiger partial charge on any atom is -0.319 e. The highest BCUT2D eigenvalue weighted by molar-refractivity contribution is 5.80. The van der Waals surface area contributed by atoms with Gasteiger partial charge < -0.3 is 4.98 Å². The lowest BCUT2D eigenvalue weighted by atomic mass is 10.1. The maximum Gasteiger partial charge on any atom is 0.274 e. The van der Waals surface area contributed by atoms with Crippen LogP contribution in [0.5, 0.6) is 0 Å². The van der Waals surface area contributed by atoms with E-state index < -0.39 is 0 Å². The Bertz CT molecular complexity index is 804. The minimum absolute atomic E-state index is 0.149. The lowest BCUT2D eigenvalue weighted by Gasteiger charge is -2.06. The SMILES string of the molecule is Cc1cc(C)c2nc(-c3ccccc3)c(=O)[nH]c2c1. The summed E-state index contributed by atoms with van der Waals surface area (Å²) in [5.41, 5.74) is 5.00. The van der Waals surface area contributed by atoms with Crippen molar-refractivity contribution in [3.63, 3.8) is 0 Å². The van der Waals surface area contributed by atoms with Crippen LogP contribution >= 0.6 is 0 Å². The van der Waals surface area contributed by atoms with E-state index >= 15 is 0 Å². The molecular formula is C16H14N2O. The number of hydrogen-bond donors (Lipinski definition) is 1. The number of nitrogens with one attached hydrogen (secondary N) is 1. The van der Waals surface area contributed by atoms with Gasteiger partial charge in [0.1, 0.15) is 5.69 Å². The van der Waals surface area contributed by atoms with Gasteiger partial charge >= 0.3 is 0 Å². The monoisotopic (exact) mass is 250 g/mol. The Morgan fingerprint density at radius 1 is 1.05 bits per heavy atom. The van der Waals surface area contributed by atoms with E-state index in [9.17, 15) is 4.79 Å². The van der Waals surface area contributed by atoms with E-state index in [2.05, 4.69) is 16.0 Å². The summed E-state index contributed by atoms with van der Waals surface area (Å²) in [5.74, 6) is 0. The van der Waals surface area contributed by atoms with Crippen LogP contribution in [0.2, 0.25) is 0 Å². The first kappa shape index (κ1) is 11.7. The van der Waals surface area contributed by atoms with Crippen molar-refractivity contribution in [1.29, 1.82) is 0 Å². The number of nitrogens with zero attached hydrogens (tertiary/aromatic N) is 1. The predicted molar refractivity (Wildman–Crippen MR) is 77.3 cm³/mol. The summed E-state index contributed by atoms with van der Waals surface area (Å²) in [6, 6.07) is 13.5.